The van der Waals surface area contributed by atoms with Crippen molar-refractivity contribution in [1.29, 1.82) is 0 Å². The van der Waals surface area contributed by atoms with Crippen LogP contribution in [0.2, 0.25) is 0 Å². The lowest BCUT2D eigenvalue weighted by molar-refractivity contribution is -0.00201. The first kappa shape index (κ1) is 16.3. The molecule has 0 bridgehead atoms. The van der Waals surface area contributed by atoms with E-state index in [-0.39, 0.29) is 11.1 Å². The highest BCUT2D eigenvalue weighted by atomic mass is 16.5. The van der Waals surface area contributed by atoms with Gasteiger partial charge in [-0.05, 0) is 58.8 Å². The summed E-state index contributed by atoms with van der Waals surface area (Å²) >= 11 is 0. The number of likely N-dealkylation sites (tertiary alicyclic amines) is 2. The minimum Gasteiger partial charge on any atom is -0.388 e. The summed E-state index contributed by atoms with van der Waals surface area (Å²) < 4.78 is 6.13. The molecule has 0 aromatic rings. The average Bonchev–Trinajstić information content (AvgIpc) is 3.10. The van der Waals surface area contributed by atoms with Crippen LogP contribution in [0.1, 0.15) is 41.0 Å². The smallest absolute Gasteiger partial charge is 0.0819 e. The largest absolute Gasteiger partial charge is 0.388 e. The number of nitrogens with zero attached hydrogens (tertiary/aromatic N) is 2. The fraction of sp³-hybridized carbons (Fsp3) is 1.00. The Kier molecular flexibility index (Phi) is 3.50. The average molecular weight is 322 g/mol. The number of β-amino-alcohol motifs (C(OH)–C–C–N with tert-alkyl or cyclic N) is 1. The van der Waals surface area contributed by atoms with Crippen molar-refractivity contribution >= 4 is 0 Å². The number of rotatable bonds is 5. The molecule has 2 aliphatic carbocycles. The first-order chi connectivity index (χ1) is 10.6. The highest BCUT2D eigenvalue weighted by molar-refractivity contribution is 5.14. The molecule has 4 nitrogen and oxygen atoms in total. The molecular weight excluding hydrogens is 288 g/mol. The maximum absolute atomic E-state index is 10.2. The summed E-state index contributed by atoms with van der Waals surface area (Å²) in [5.41, 5.74) is 0.00344. The van der Waals surface area contributed by atoms with Crippen molar-refractivity contribution < 1.29 is 9.84 Å². The third kappa shape index (κ3) is 2.86. The number of hydrogen-bond donors (Lipinski definition) is 1. The van der Waals surface area contributed by atoms with E-state index >= 15 is 0 Å². The van der Waals surface area contributed by atoms with E-state index in [4.69, 9.17) is 4.74 Å². The Morgan fingerprint density at radius 3 is 2.22 bits per heavy atom. The Labute approximate surface area is 141 Å². The molecule has 132 valence electrons. The Morgan fingerprint density at radius 2 is 1.70 bits per heavy atom. The van der Waals surface area contributed by atoms with Crippen molar-refractivity contribution in [3.63, 3.8) is 0 Å². The number of fused-ring (bicyclic) bond motifs is 2. The molecule has 1 N–H and O–H groups in total. The highest BCUT2D eigenvalue weighted by Crippen LogP contribution is 2.53. The molecule has 4 atom stereocenters. The monoisotopic (exact) mass is 322 g/mol. The summed E-state index contributed by atoms with van der Waals surface area (Å²) in [5, 5.41) is 10.2. The minimum atomic E-state index is -0.360. The van der Waals surface area contributed by atoms with E-state index in [0.717, 1.165) is 50.5 Å². The number of piperidine rings is 2. The third-order valence-electron chi connectivity index (χ3n) is 7.05. The molecule has 4 fully saturated rings. The summed E-state index contributed by atoms with van der Waals surface area (Å²) in [6.07, 6.45) is 1.01. The van der Waals surface area contributed by atoms with Crippen LogP contribution >= 0.6 is 0 Å². The van der Waals surface area contributed by atoms with Crippen LogP contribution < -0.4 is 0 Å². The van der Waals surface area contributed by atoms with E-state index in [2.05, 4.69) is 44.4 Å². The second-order valence-electron chi connectivity index (χ2n) is 10.3. The van der Waals surface area contributed by atoms with Gasteiger partial charge >= 0.3 is 0 Å². The molecular formula is C19H34N2O2. The van der Waals surface area contributed by atoms with Crippen LogP contribution in [-0.2, 0) is 4.74 Å². The van der Waals surface area contributed by atoms with Crippen LogP contribution in [0.15, 0.2) is 0 Å². The fourth-order valence-corrected chi connectivity index (χ4v) is 4.90. The topological polar surface area (TPSA) is 35.9 Å². The molecule has 0 amide bonds. The van der Waals surface area contributed by atoms with Gasteiger partial charge in [0, 0.05) is 43.2 Å². The number of ether oxygens (including phenoxy) is 1. The highest BCUT2D eigenvalue weighted by Gasteiger charge is 2.61. The molecule has 4 aliphatic rings. The van der Waals surface area contributed by atoms with Crippen molar-refractivity contribution in [2.24, 2.45) is 23.7 Å². The van der Waals surface area contributed by atoms with Gasteiger partial charge in [0.2, 0.25) is 0 Å². The van der Waals surface area contributed by atoms with Crippen molar-refractivity contribution in [1.82, 2.24) is 9.80 Å². The number of hydrogen-bond acceptors (Lipinski definition) is 4. The SMILES string of the molecule is CC(C)(C)N1CC2C(COCC(C)(C)N3CC4CC4(O)C3)C2C1. The van der Waals surface area contributed by atoms with E-state index in [0.29, 0.717) is 11.5 Å². The maximum atomic E-state index is 10.2. The van der Waals surface area contributed by atoms with Gasteiger partial charge in [-0.2, -0.15) is 0 Å². The lowest BCUT2D eigenvalue weighted by atomic mass is 10.0. The minimum absolute atomic E-state index is 0.0462. The van der Waals surface area contributed by atoms with E-state index in [1.807, 2.05) is 0 Å². The Bertz CT molecular complexity index is 474. The second-order valence-corrected chi connectivity index (χ2v) is 10.3. The van der Waals surface area contributed by atoms with Gasteiger partial charge in [-0.25, -0.2) is 0 Å². The summed E-state index contributed by atoms with van der Waals surface area (Å²) in [6, 6.07) is 0. The Hall–Kier alpha value is -0.160. The second kappa shape index (κ2) is 4.94. The van der Waals surface area contributed by atoms with Crippen LogP contribution in [0, 0.1) is 23.7 Å². The van der Waals surface area contributed by atoms with Gasteiger partial charge in [0.15, 0.2) is 0 Å². The standard InChI is InChI=1S/C19H34N2O2/c1-17(2,3)20-8-14-15(9-20)16(14)10-23-12-18(4,5)21-7-13-6-19(13,22)11-21/h13-16,22H,6-12H2,1-5H3. The van der Waals surface area contributed by atoms with E-state index in [1.165, 1.54) is 13.1 Å². The normalized spacial score (nSPS) is 43.6. The predicted molar refractivity (Wildman–Crippen MR) is 91.3 cm³/mol. The zero-order chi connectivity index (χ0) is 16.6. The van der Waals surface area contributed by atoms with E-state index < -0.39 is 0 Å². The van der Waals surface area contributed by atoms with Gasteiger partial charge in [0.05, 0.1) is 18.8 Å². The van der Waals surface area contributed by atoms with Crippen molar-refractivity contribution in [3.05, 3.63) is 0 Å². The summed E-state index contributed by atoms with van der Waals surface area (Å²) in [7, 11) is 0. The molecule has 4 unspecified atom stereocenters. The molecule has 0 spiro atoms. The van der Waals surface area contributed by atoms with Gasteiger partial charge in [-0.1, -0.05) is 0 Å². The van der Waals surface area contributed by atoms with Crippen LogP contribution in [0.3, 0.4) is 0 Å². The molecule has 2 heterocycles. The number of aliphatic hydroxyl groups is 1. The molecule has 2 saturated heterocycles. The van der Waals surface area contributed by atoms with Crippen LogP contribution in [0.4, 0.5) is 0 Å². The summed E-state index contributed by atoms with van der Waals surface area (Å²) in [5.74, 6) is 3.06. The van der Waals surface area contributed by atoms with Crippen LogP contribution in [0.25, 0.3) is 0 Å². The lowest BCUT2D eigenvalue weighted by Crippen LogP contribution is -2.48. The zero-order valence-corrected chi connectivity index (χ0v) is 15.5. The van der Waals surface area contributed by atoms with Gasteiger partial charge in [0.1, 0.15) is 0 Å². The van der Waals surface area contributed by atoms with Crippen molar-refractivity contribution in [3.8, 4) is 0 Å². The molecule has 23 heavy (non-hydrogen) atoms. The quantitative estimate of drug-likeness (QED) is 0.838. The van der Waals surface area contributed by atoms with Gasteiger partial charge in [0.25, 0.3) is 0 Å². The first-order valence-corrected chi connectivity index (χ1v) is 9.40. The van der Waals surface area contributed by atoms with E-state index in [9.17, 15) is 5.11 Å². The molecule has 4 rings (SSSR count). The Morgan fingerprint density at radius 1 is 1.04 bits per heavy atom. The van der Waals surface area contributed by atoms with Crippen LogP contribution in [0.5, 0.6) is 0 Å². The van der Waals surface area contributed by atoms with Gasteiger partial charge in [-0.15, -0.1) is 0 Å². The third-order valence-corrected chi connectivity index (χ3v) is 7.05. The molecule has 0 radical (unpaired) electrons. The van der Waals surface area contributed by atoms with E-state index in [1.54, 1.807) is 0 Å². The molecule has 2 aliphatic heterocycles. The maximum Gasteiger partial charge on any atom is 0.0819 e. The molecule has 2 saturated carbocycles. The van der Waals surface area contributed by atoms with Gasteiger partial charge in [-0.3, -0.25) is 9.80 Å². The van der Waals surface area contributed by atoms with Gasteiger partial charge < -0.3 is 9.84 Å². The molecule has 0 aromatic carbocycles. The molecule has 4 heteroatoms. The zero-order valence-electron chi connectivity index (χ0n) is 15.5. The predicted octanol–water partition coefficient (Wildman–Crippen LogP) is 1.82. The van der Waals surface area contributed by atoms with Crippen LogP contribution in [-0.4, -0.2) is 71.0 Å². The van der Waals surface area contributed by atoms with Crippen molar-refractivity contribution in [2.45, 2.75) is 57.7 Å². The van der Waals surface area contributed by atoms with Crippen molar-refractivity contribution in [2.75, 3.05) is 39.4 Å². The fourth-order valence-electron chi connectivity index (χ4n) is 4.90. The molecule has 0 aromatic heterocycles. The summed E-state index contributed by atoms with van der Waals surface area (Å²) in [6.45, 7) is 17.6. The summed E-state index contributed by atoms with van der Waals surface area (Å²) in [4.78, 5) is 5.05. The first-order valence-electron chi connectivity index (χ1n) is 9.40. The lowest BCUT2D eigenvalue weighted by Gasteiger charge is -2.37. The Balaban J connectivity index is 1.19.